The Hall–Kier alpha value is 0. The van der Waals surface area contributed by atoms with Crippen LogP contribution in [0.25, 0.3) is 0 Å². The first kappa shape index (κ1) is 28.0. The molecule has 0 aliphatic rings. The van der Waals surface area contributed by atoms with Gasteiger partial charge in [0.1, 0.15) is 0 Å². The topological polar surface area (TPSA) is 0 Å². The van der Waals surface area contributed by atoms with Crippen molar-refractivity contribution >= 4 is 0 Å². The van der Waals surface area contributed by atoms with Gasteiger partial charge in [-0.25, -0.2) is 0 Å². The van der Waals surface area contributed by atoms with E-state index in [1.165, 1.54) is 148 Å². The van der Waals surface area contributed by atoms with Gasteiger partial charge in [-0.2, -0.15) is 0 Å². The first-order valence-electron chi connectivity index (χ1n) is 13.6. The minimum atomic E-state index is 1.00. The van der Waals surface area contributed by atoms with Crippen LogP contribution in [0.15, 0.2) is 0 Å². The number of unbranched alkanes of at least 4 members (excludes halogenated alkanes) is 18. The van der Waals surface area contributed by atoms with Crippen LogP contribution in [0.4, 0.5) is 0 Å². The summed E-state index contributed by atoms with van der Waals surface area (Å²) in [6, 6.07) is 0. The van der Waals surface area contributed by atoms with E-state index in [4.69, 9.17) is 0 Å². The number of hydrogen-bond acceptors (Lipinski definition) is 0. The first-order valence-corrected chi connectivity index (χ1v) is 13.6. The molecule has 0 N–H and O–H groups in total. The molecule has 0 aromatic heterocycles. The van der Waals surface area contributed by atoms with E-state index >= 15 is 0 Å². The molecule has 169 valence electrons. The van der Waals surface area contributed by atoms with Crippen LogP contribution in [-0.2, 0) is 0 Å². The lowest BCUT2D eigenvalue weighted by Crippen LogP contribution is -2.01. The molecule has 1 unspecified atom stereocenters. The molecule has 0 aliphatic carbocycles. The molecule has 0 amide bonds. The standard InChI is InChI=1S/C28H57/c1-4-7-10-12-13-14-15-16-17-18-19-20-21-22-24-27-28(25-9-6-3)26-23-11-8-5-2/h28H,3-27H2,1-2H3. The van der Waals surface area contributed by atoms with Crippen LogP contribution >= 0.6 is 0 Å². The maximum Gasteiger partial charge on any atom is -0.0414 e. The van der Waals surface area contributed by atoms with Crippen molar-refractivity contribution in [2.24, 2.45) is 5.92 Å². The van der Waals surface area contributed by atoms with Crippen molar-refractivity contribution in [3.05, 3.63) is 6.92 Å². The largest absolute Gasteiger partial charge is 0.0654 e. The van der Waals surface area contributed by atoms with E-state index in [1.54, 1.807) is 0 Å². The van der Waals surface area contributed by atoms with Crippen molar-refractivity contribution in [1.29, 1.82) is 0 Å². The van der Waals surface area contributed by atoms with Crippen LogP contribution in [-0.4, -0.2) is 0 Å². The lowest BCUT2D eigenvalue weighted by molar-refractivity contribution is 0.373. The monoisotopic (exact) mass is 393 g/mol. The second-order valence-electron chi connectivity index (χ2n) is 9.45. The molecule has 0 bridgehead atoms. The van der Waals surface area contributed by atoms with E-state index in [0.717, 1.165) is 12.3 Å². The molecule has 0 saturated carbocycles. The van der Waals surface area contributed by atoms with Crippen LogP contribution in [0.1, 0.15) is 168 Å². The molecular weight excluding hydrogens is 336 g/mol. The molecule has 0 aliphatic heterocycles. The van der Waals surface area contributed by atoms with Gasteiger partial charge in [0.15, 0.2) is 0 Å². The van der Waals surface area contributed by atoms with Crippen LogP contribution in [0.2, 0.25) is 0 Å². The van der Waals surface area contributed by atoms with Crippen molar-refractivity contribution < 1.29 is 0 Å². The van der Waals surface area contributed by atoms with Gasteiger partial charge in [0, 0.05) is 0 Å². The Labute approximate surface area is 181 Å². The summed E-state index contributed by atoms with van der Waals surface area (Å²) < 4.78 is 0. The third-order valence-electron chi connectivity index (χ3n) is 6.54. The Morgan fingerprint density at radius 1 is 0.393 bits per heavy atom. The molecule has 1 atom stereocenters. The van der Waals surface area contributed by atoms with Crippen LogP contribution in [0.3, 0.4) is 0 Å². The summed E-state index contributed by atoms with van der Waals surface area (Å²) in [5, 5.41) is 0. The fourth-order valence-corrected chi connectivity index (χ4v) is 4.53. The van der Waals surface area contributed by atoms with E-state index in [1.807, 2.05) is 0 Å². The van der Waals surface area contributed by atoms with Crippen LogP contribution < -0.4 is 0 Å². The molecule has 0 heteroatoms. The second-order valence-corrected chi connectivity index (χ2v) is 9.45. The molecule has 1 radical (unpaired) electrons. The predicted octanol–water partition coefficient (Wildman–Crippen LogP) is 10.8. The normalized spacial score (nSPS) is 12.5. The van der Waals surface area contributed by atoms with Gasteiger partial charge in [-0.05, 0) is 5.92 Å². The number of hydrogen-bond donors (Lipinski definition) is 0. The van der Waals surface area contributed by atoms with E-state index < -0.39 is 0 Å². The average Bonchev–Trinajstić information content (AvgIpc) is 2.71. The Morgan fingerprint density at radius 3 is 1.04 bits per heavy atom. The van der Waals surface area contributed by atoms with Gasteiger partial charge in [0.05, 0.1) is 0 Å². The zero-order chi connectivity index (χ0) is 20.5. The minimum Gasteiger partial charge on any atom is -0.0654 e. The highest BCUT2D eigenvalue weighted by atomic mass is 14.1. The fraction of sp³-hybridized carbons (Fsp3) is 0.964. The summed E-state index contributed by atoms with van der Waals surface area (Å²) in [5.74, 6) is 1.00. The maximum atomic E-state index is 4.04. The SMILES string of the molecule is [CH2]CCCC(CCCCCC)CCCCCCCCCCCCCCCCC. The van der Waals surface area contributed by atoms with Gasteiger partial charge in [0.25, 0.3) is 0 Å². The van der Waals surface area contributed by atoms with E-state index in [2.05, 4.69) is 20.8 Å². The minimum absolute atomic E-state index is 1.00. The van der Waals surface area contributed by atoms with Gasteiger partial charge in [0.2, 0.25) is 0 Å². The Balaban J connectivity index is 3.35. The Bertz CT molecular complexity index is 257. The van der Waals surface area contributed by atoms with Gasteiger partial charge < -0.3 is 0 Å². The Kier molecular flexibility index (Phi) is 25.0. The zero-order valence-electron chi connectivity index (χ0n) is 20.3. The average molecular weight is 394 g/mol. The first-order chi connectivity index (χ1) is 13.8. The van der Waals surface area contributed by atoms with E-state index in [9.17, 15) is 0 Å². The molecular formula is C28H57. The molecule has 0 heterocycles. The third kappa shape index (κ3) is 22.3. The van der Waals surface area contributed by atoms with E-state index in [0.29, 0.717) is 0 Å². The summed E-state index contributed by atoms with van der Waals surface area (Å²) in [5.41, 5.74) is 0. The maximum absolute atomic E-state index is 4.04. The lowest BCUT2D eigenvalue weighted by Gasteiger charge is -2.16. The quantitative estimate of drug-likeness (QED) is 0.143. The zero-order valence-corrected chi connectivity index (χ0v) is 20.3. The highest BCUT2D eigenvalue weighted by Crippen LogP contribution is 2.23. The molecule has 0 spiro atoms. The van der Waals surface area contributed by atoms with Gasteiger partial charge >= 0.3 is 0 Å². The highest BCUT2D eigenvalue weighted by molar-refractivity contribution is 4.62. The van der Waals surface area contributed by atoms with E-state index in [-0.39, 0.29) is 0 Å². The summed E-state index contributed by atoms with van der Waals surface area (Å²) in [4.78, 5) is 0. The summed E-state index contributed by atoms with van der Waals surface area (Å²) in [7, 11) is 0. The molecule has 0 saturated heterocycles. The molecule has 0 aromatic rings. The molecule has 0 aromatic carbocycles. The van der Waals surface area contributed by atoms with Crippen LogP contribution in [0, 0.1) is 12.8 Å². The highest BCUT2D eigenvalue weighted by Gasteiger charge is 2.08. The van der Waals surface area contributed by atoms with Crippen molar-refractivity contribution in [2.45, 2.75) is 168 Å². The molecule has 28 heavy (non-hydrogen) atoms. The summed E-state index contributed by atoms with van der Waals surface area (Å²) >= 11 is 0. The van der Waals surface area contributed by atoms with Gasteiger partial charge in [-0.3, -0.25) is 0 Å². The molecule has 0 nitrogen and oxygen atoms in total. The second kappa shape index (κ2) is 25.0. The van der Waals surface area contributed by atoms with Crippen molar-refractivity contribution in [3.63, 3.8) is 0 Å². The molecule has 0 rings (SSSR count). The summed E-state index contributed by atoms with van der Waals surface area (Å²) in [6.45, 7) is 8.66. The molecule has 0 fully saturated rings. The Morgan fingerprint density at radius 2 is 0.679 bits per heavy atom. The van der Waals surface area contributed by atoms with Gasteiger partial charge in [-0.15, -0.1) is 0 Å². The lowest BCUT2D eigenvalue weighted by atomic mass is 9.90. The van der Waals surface area contributed by atoms with Crippen molar-refractivity contribution in [2.75, 3.05) is 0 Å². The van der Waals surface area contributed by atoms with Gasteiger partial charge in [-0.1, -0.05) is 175 Å². The predicted molar refractivity (Wildman–Crippen MR) is 131 cm³/mol. The fourth-order valence-electron chi connectivity index (χ4n) is 4.53. The number of rotatable bonds is 24. The van der Waals surface area contributed by atoms with Crippen molar-refractivity contribution in [1.82, 2.24) is 0 Å². The van der Waals surface area contributed by atoms with Crippen molar-refractivity contribution in [3.8, 4) is 0 Å². The van der Waals surface area contributed by atoms with Crippen LogP contribution in [0.5, 0.6) is 0 Å². The summed E-state index contributed by atoms with van der Waals surface area (Å²) in [6.07, 6.45) is 34.7. The third-order valence-corrected chi connectivity index (χ3v) is 6.54. The smallest absolute Gasteiger partial charge is 0.0414 e.